The fourth-order valence-corrected chi connectivity index (χ4v) is 3.65. The molecule has 0 saturated carbocycles. The molecular weight excluding hydrogens is 262 g/mol. The minimum absolute atomic E-state index is 0.0285. The smallest absolute Gasteiger partial charge is 0.320 e. The van der Waals surface area contributed by atoms with Crippen molar-refractivity contribution in [1.82, 2.24) is 4.57 Å². The third-order valence-corrected chi connectivity index (χ3v) is 4.92. The summed E-state index contributed by atoms with van der Waals surface area (Å²) in [6.45, 7) is 4.27. The van der Waals surface area contributed by atoms with E-state index in [1.807, 2.05) is 19.2 Å². The summed E-state index contributed by atoms with van der Waals surface area (Å²) in [5.41, 5.74) is 1.87. The van der Waals surface area contributed by atoms with Crippen LogP contribution in [0.15, 0.2) is 30.5 Å². The number of rotatable bonds is 5. The van der Waals surface area contributed by atoms with Gasteiger partial charge >= 0.3 is 5.97 Å². The summed E-state index contributed by atoms with van der Waals surface area (Å²) in [6, 6.07) is 8.30. The molecule has 1 aliphatic rings. The van der Waals surface area contributed by atoms with Crippen LogP contribution in [0.25, 0.3) is 10.9 Å². The molecule has 0 bridgehead atoms. The summed E-state index contributed by atoms with van der Waals surface area (Å²) in [5.74, 6) is -0.0533. The standard InChI is InChI=1S/C18H23NO2/c1-4-6-11-16-18(5-2,17(20)21-16)14-12-19(3)15-10-8-7-9-13(14)15/h7-10,12,16H,4-6,11H2,1-3H3/t16-,18-/m1/s1. The number of benzene rings is 1. The lowest BCUT2D eigenvalue weighted by molar-refractivity contribution is -0.192. The first-order chi connectivity index (χ1) is 10.1. The van der Waals surface area contributed by atoms with Crippen molar-refractivity contribution < 1.29 is 9.53 Å². The van der Waals surface area contributed by atoms with Gasteiger partial charge in [-0.2, -0.15) is 0 Å². The van der Waals surface area contributed by atoms with E-state index < -0.39 is 5.41 Å². The van der Waals surface area contributed by atoms with Gasteiger partial charge in [0.15, 0.2) is 0 Å². The number of carbonyl (C=O) groups is 1. The zero-order valence-electron chi connectivity index (χ0n) is 13.1. The maximum Gasteiger partial charge on any atom is 0.320 e. The average Bonchev–Trinajstić information content (AvgIpc) is 2.82. The number of aromatic nitrogens is 1. The van der Waals surface area contributed by atoms with E-state index in [0.717, 1.165) is 31.2 Å². The number of fused-ring (bicyclic) bond motifs is 1. The van der Waals surface area contributed by atoms with E-state index in [-0.39, 0.29) is 12.1 Å². The van der Waals surface area contributed by atoms with Gasteiger partial charge in [0.1, 0.15) is 11.5 Å². The molecule has 3 nitrogen and oxygen atoms in total. The van der Waals surface area contributed by atoms with Gasteiger partial charge in [0.2, 0.25) is 0 Å². The maximum atomic E-state index is 12.4. The lowest BCUT2D eigenvalue weighted by Crippen LogP contribution is -2.59. The van der Waals surface area contributed by atoms with Crippen LogP contribution in [0.2, 0.25) is 0 Å². The van der Waals surface area contributed by atoms with Crippen LogP contribution in [0.5, 0.6) is 0 Å². The zero-order chi connectivity index (χ0) is 15.0. The molecule has 0 N–H and O–H groups in total. The molecule has 3 rings (SSSR count). The Morgan fingerprint density at radius 2 is 2.05 bits per heavy atom. The van der Waals surface area contributed by atoms with Gasteiger partial charge in [0.05, 0.1) is 0 Å². The van der Waals surface area contributed by atoms with Crippen LogP contribution in [0.4, 0.5) is 0 Å². The van der Waals surface area contributed by atoms with Crippen molar-refractivity contribution in [3.8, 4) is 0 Å². The summed E-state index contributed by atoms with van der Waals surface area (Å²) in [4.78, 5) is 12.4. The molecule has 3 heteroatoms. The number of carbonyl (C=O) groups excluding carboxylic acids is 1. The Labute approximate surface area is 125 Å². The molecule has 0 radical (unpaired) electrons. The van der Waals surface area contributed by atoms with Crippen LogP contribution in [0.1, 0.15) is 45.1 Å². The fourth-order valence-electron chi connectivity index (χ4n) is 3.65. The first kappa shape index (κ1) is 14.2. The number of aryl methyl sites for hydroxylation is 1. The zero-order valence-corrected chi connectivity index (χ0v) is 13.1. The maximum absolute atomic E-state index is 12.4. The minimum Gasteiger partial charge on any atom is -0.460 e. The van der Waals surface area contributed by atoms with Crippen LogP contribution >= 0.6 is 0 Å². The topological polar surface area (TPSA) is 31.2 Å². The highest BCUT2D eigenvalue weighted by Gasteiger charge is 2.58. The van der Waals surface area contributed by atoms with Gasteiger partial charge in [-0.15, -0.1) is 0 Å². The van der Waals surface area contributed by atoms with Gasteiger partial charge in [0, 0.05) is 24.1 Å². The molecule has 0 aliphatic carbocycles. The lowest BCUT2D eigenvalue weighted by Gasteiger charge is -2.46. The highest BCUT2D eigenvalue weighted by Crippen LogP contribution is 2.47. The summed E-state index contributed by atoms with van der Waals surface area (Å²) in [7, 11) is 2.04. The molecule has 0 spiro atoms. The predicted molar refractivity (Wildman–Crippen MR) is 84.3 cm³/mol. The van der Waals surface area contributed by atoms with Gasteiger partial charge < -0.3 is 9.30 Å². The number of cyclic esters (lactones) is 1. The molecule has 2 atom stereocenters. The summed E-state index contributed by atoms with van der Waals surface area (Å²) in [6.07, 6.45) is 6.13. The highest BCUT2D eigenvalue weighted by atomic mass is 16.6. The van der Waals surface area contributed by atoms with Crippen molar-refractivity contribution in [3.05, 3.63) is 36.0 Å². The van der Waals surface area contributed by atoms with E-state index >= 15 is 0 Å². The predicted octanol–water partition coefficient (Wildman–Crippen LogP) is 3.94. The molecule has 0 amide bonds. The average molecular weight is 285 g/mol. The van der Waals surface area contributed by atoms with Crippen LogP contribution in [0, 0.1) is 0 Å². The number of esters is 1. The van der Waals surface area contributed by atoms with E-state index in [2.05, 4.69) is 36.7 Å². The Balaban J connectivity index is 2.11. The van der Waals surface area contributed by atoms with Crippen LogP contribution < -0.4 is 0 Å². The van der Waals surface area contributed by atoms with Crippen LogP contribution in [0.3, 0.4) is 0 Å². The molecule has 112 valence electrons. The number of nitrogens with zero attached hydrogens (tertiary/aromatic N) is 1. The Kier molecular flexibility index (Phi) is 3.52. The molecule has 2 heterocycles. The number of unbranched alkanes of at least 4 members (excludes halogenated alkanes) is 1. The van der Waals surface area contributed by atoms with Crippen molar-refractivity contribution in [3.63, 3.8) is 0 Å². The van der Waals surface area contributed by atoms with Gasteiger partial charge in [-0.1, -0.05) is 38.5 Å². The van der Waals surface area contributed by atoms with Crippen molar-refractivity contribution in [2.75, 3.05) is 0 Å². The molecular formula is C18H23NO2. The molecule has 1 saturated heterocycles. The molecule has 0 unspecified atom stereocenters. The number of hydrogen-bond donors (Lipinski definition) is 0. The van der Waals surface area contributed by atoms with Gasteiger partial charge in [-0.05, 0) is 30.9 Å². The van der Waals surface area contributed by atoms with Crippen LogP contribution in [-0.4, -0.2) is 16.6 Å². The van der Waals surface area contributed by atoms with Crippen molar-refractivity contribution in [1.29, 1.82) is 0 Å². The van der Waals surface area contributed by atoms with E-state index in [0.29, 0.717) is 0 Å². The SMILES string of the molecule is CCCC[C@H]1OC(=O)[C@]1(CC)c1cn(C)c2ccccc12. The lowest BCUT2D eigenvalue weighted by atomic mass is 9.68. The number of hydrogen-bond acceptors (Lipinski definition) is 2. The first-order valence-electron chi connectivity index (χ1n) is 7.90. The Morgan fingerprint density at radius 3 is 2.71 bits per heavy atom. The second-order valence-corrected chi connectivity index (χ2v) is 6.03. The van der Waals surface area contributed by atoms with E-state index in [4.69, 9.17) is 4.74 Å². The minimum atomic E-state index is -0.448. The summed E-state index contributed by atoms with van der Waals surface area (Å²) >= 11 is 0. The fraction of sp³-hybridized carbons (Fsp3) is 0.500. The highest BCUT2D eigenvalue weighted by molar-refractivity contribution is 5.96. The number of ether oxygens (including phenoxy) is 1. The second kappa shape index (κ2) is 5.21. The van der Waals surface area contributed by atoms with Crippen molar-refractivity contribution in [2.24, 2.45) is 7.05 Å². The molecule has 1 aliphatic heterocycles. The molecule has 1 aromatic carbocycles. The molecule has 1 fully saturated rings. The quantitative estimate of drug-likeness (QED) is 0.779. The Hall–Kier alpha value is -1.77. The first-order valence-corrected chi connectivity index (χ1v) is 7.90. The third kappa shape index (κ3) is 1.90. The van der Waals surface area contributed by atoms with E-state index in [1.54, 1.807) is 0 Å². The van der Waals surface area contributed by atoms with E-state index in [1.165, 1.54) is 10.9 Å². The van der Waals surface area contributed by atoms with Crippen molar-refractivity contribution in [2.45, 2.75) is 51.0 Å². The summed E-state index contributed by atoms with van der Waals surface area (Å²) < 4.78 is 7.63. The normalized spacial score (nSPS) is 24.9. The monoisotopic (exact) mass is 285 g/mol. The molecule has 2 aromatic rings. The molecule has 1 aromatic heterocycles. The number of para-hydroxylation sites is 1. The third-order valence-electron chi connectivity index (χ3n) is 4.92. The van der Waals surface area contributed by atoms with Gasteiger partial charge in [0.25, 0.3) is 0 Å². The van der Waals surface area contributed by atoms with Crippen molar-refractivity contribution >= 4 is 16.9 Å². The Morgan fingerprint density at radius 1 is 1.29 bits per heavy atom. The Bertz CT molecular complexity index is 673. The van der Waals surface area contributed by atoms with Gasteiger partial charge in [-0.25, -0.2) is 0 Å². The summed E-state index contributed by atoms with van der Waals surface area (Å²) in [5, 5.41) is 1.18. The largest absolute Gasteiger partial charge is 0.460 e. The van der Waals surface area contributed by atoms with E-state index in [9.17, 15) is 4.79 Å². The molecule has 21 heavy (non-hydrogen) atoms. The van der Waals surface area contributed by atoms with Crippen LogP contribution in [-0.2, 0) is 22.0 Å². The second-order valence-electron chi connectivity index (χ2n) is 6.03. The van der Waals surface area contributed by atoms with Gasteiger partial charge in [-0.3, -0.25) is 4.79 Å².